The van der Waals surface area contributed by atoms with Crippen LogP contribution in [-0.4, -0.2) is 22.6 Å². The second kappa shape index (κ2) is 7.86. The van der Waals surface area contributed by atoms with Crippen LogP contribution < -0.4 is 11.1 Å². The van der Waals surface area contributed by atoms with E-state index in [0.717, 1.165) is 5.56 Å². The fourth-order valence-corrected chi connectivity index (χ4v) is 8.17. The van der Waals surface area contributed by atoms with Crippen LogP contribution in [0.25, 0.3) is 0 Å². The smallest absolute Gasteiger partial charge is 0.186 e. The summed E-state index contributed by atoms with van der Waals surface area (Å²) in [5.41, 5.74) is 8.46. The van der Waals surface area contributed by atoms with Crippen molar-refractivity contribution in [3.05, 3.63) is 89.5 Å². The molecular formula is C22H22N2O4S2. The van der Waals surface area contributed by atoms with Gasteiger partial charge in [0.1, 0.15) is 5.25 Å². The summed E-state index contributed by atoms with van der Waals surface area (Å²) in [5.74, 6) is -0.436. The lowest BCUT2D eigenvalue weighted by atomic mass is 10.0. The highest BCUT2D eigenvalue weighted by atomic mass is 32.2. The number of fused-ring (bicyclic) bond motifs is 1. The van der Waals surface area contributed by atoms with Crippen LogP contribution >= 0.6 is 0 Å². The maximum absolute atomic E-state index is 13.3. The van der Waals surface area contributed by atoms with Gasteiger partial charge in [0.2, 0.25) is 0 Å². The molecule has 3 aromatic carbocycles. The van der Waals surface area contributed by atoms with E-state index >= 15 is 0 Å². The first-order valence-corrected chi connectivity index (χ1v) is 12.7. The number of benzene rings is 3. The summed E-state index contributed by atoms with van der Waals surface area (Å²) in [6.45, 7) is 0.899. The molecule has 1 atom stereocenters. The SMILES string of the molecule is Nc1ccc(CNCc2cccc3c2C(S(=O)(=O)c2ccccc2)CS3(=O)=O)cc1. The average Bonchev–Trinajstić information content (AvgIpc) is 3.03. The predicted molar refractivity (Wildman–Crippen MR) is 116 cm³/mol. The van der Waals surface area contributed by atoms with Crippen LogP contribution in [0.3, 0.4) is 0 Å². The molecule has 0 saturated carbocycles. The number of anilines is 1. The number of sulfone groups is 2. The Kier molecular flexibility index (Phi) is 5.40. The number of nitrogens with two attached hydrogens (primary N) is 1. The molecule has 4 rings (SSSR count). The molecule has 0 spiro atoms. The van der Waals surface area contributed by atoms with Crippen LogP contribution in [0, 0.1) is 0 Å². The van der Waals surface area contributed by atoms with Gasteiger partial charge in [-0.25, -0.2) is 16.8 Å². The Morgan fingerprint density at radius 2 is 1.60 bits per heavy atom. The molecule has 0 amide bonds. The molecule has 0 aliphatic carbocycles. The number of nitrogens with one attached hydrogen (secondary N) is 1. The molecule has 156 valence electrons. The highest BCUT2D eigenvalue weighted by Crippen LogP contribution is 2.42. The second-order valence-electron chi connectivity index (χ2n) is 7.30. The summed E-state index contributed by atoms with van der Waals surface area (Å²) in [6, 6.07) is 20.4. The molecule has 0 radical (unpaired) electrons. The summed E-state index contributed by atoms with van der Waals surface area (Å²) >= 11 is 0. The molecule has 1 heterocycles. The molecule has 0 bridgehead atoms. The minimum atomic E-state index is -3.85. The van der Waals surface area contributed by atoms with Gasteiger partial charge in [-0.3, -0.25) is 0 Å². The Morgan fingerprint density at radius 3 is 2.30 bits per heavy atom. The van der Waals surface area contributed by atoms with Gasteiger partial charge < -0.3 is 11.1 Å². The van der Waals surface area contributed by atoms with Crippen LogP contribution in [0.4, 0.5) is 5.69 Å². The van der Waals surface area contributed by atoms with Gasteiger partial charge in [0.25, 0.3) is 0 Å². The summed E-state index contributed by atoms with van der Waals surface area (Å²) in [6.07, 6.45) is 0. The highest BCUT2D eigenvalue weighted by molar-refractivity contribution is 7.96. The molecule has 1 aliphatic heterocycles. The summed E-state index contributed by atoms with van der Waals surface area (Å²) in [7, 11) is -7.52. The number of rotatable bonds is 6. The van der Waals surface area contributed by atoms with E-state index in [1.54, 1.807) is 30.3 Å². The maximum Gasteiger partial charge on any atom is 0.186 e. The highest BCUT2D eigenvalue weighted by Gasteiger charge is 2.44. The topological polar surface area (TPSA) is 106 Å². The quantitative estimate of drug-likeness (QED) is 0.569. The van der Waals surface area contributed by atoms with Crippen molar-refractivity contribution in [3.8, 4) is 0 Å². The van der Waals surface area contributed by atoms with Crippen LogP contribution in [-0.2, 0) is 32.8 Å². The van der Waals surface area contributed by atoms with Gasteiger partial charge in [0.15, 0.2) is 19.7 Å². The van der Waals surface area contributed by atoms with Crippen molar-refractivity contribution in [1.29, 1.82) is 0 Å². The third kappa shape index (κ3) is 3.86. The van der Waals surface area contributed by atoms with E-state index < -0.39 is 30.7 Å². The Balaban J connectivity index is 1.67. The molecule has 3 aromatic rings. The van der Waals surface area contributed by atoms with E-state index in [4.69, 9.17) is 5.73 Å². The lowest BCUT2D eigenvalue weighted by Gasteiger charge is -2.16. The van der Waals surface area contributed by atoms with Crippen molar-refractivity contribution in [2.24, 2.45) is 0 Å². The van der Waals surface area contributed by atoms with Crippen LogP contribution in [0.2, 0.25) is 0 Å². The van der Waals surface area contributed by atoms with Crippen molar-refractivity contribution in [3.63, 3.8) is 0 Å². The molecule has 1 unspecified atom stereocenters. The van der Waals surface area contributed by atoms with E-state index in [1.165, 1.54) is 18.2 Å². The monoisotopic (exact) mass is 442 g/mol. The first-order chi connectivity index (χ1) is 14.3. The van der Waals surface area contributed by atoms with Crippen molar-refractivity contribution >= 4 is 25.4 Å². The zero-order valence-corrected chi connectivity index (χ0v) is 17.8. The van der Waals surface area contributed by atoms with Gasteiger partial charge in [-0.1, -0.05) is 42.5 Å². The number of hydrogen-bond donors (Lipinski definition) is 2. The average molecular weight is 443 g/mol. The predicted octanol–water partition coefficient (Wildman–Crippen LogP) is 2.86. The largest absolute Gasteiger partial charge is 0.399 e. The van der Waals surface area contributed by atoms with Crippen molar-refractivity contribution in [1.82, 2.24) is 5.32 Å². The Morgan fingerprint density at radius 1 is 0.900 bits per heavy atom. The molecule has 1 aliphatic rings. The lowest BCUT2D eigenvalue weighted by Crippen LogP contribution is -2.19. The summed E-state index contributed by atoms with van der Waals surface area (Å²) < 4.78 is 52.0. The summed E-state index contributed by atoms with van der Waals surface area (Å²) in [5, 5.41) is 2.16. The number of nitrogen functional groups attached to an aromatic ring is 1. The maximum atomic E-state index is 13.3. The third-order valence-electron chi connectivity index (χ3n) is 5.25. The molecule has 30 heavy (non-hydrogen) atoms. The standard InChI is InChI=1S/C22H22N2O4S2/c23-18-11-9-16(10-12-18)13-24-14-17-5-4-8-20-22(17)21(15-29(20,25)26)30(27,28)19-6-2-1-3-7-19/h1-12,21,24H,13-15,23H2. The Labute approximate surface area is 176 Å². The van der Waals surface area contributed by atoms with E-state index in [1.807, 2.05) is 24.3 Å². The molecule has 0 saturated heterocycles. The van der Waals surface area contributed by atoms with Crippen molar-refractivity contribution in [2.75, 3.05) is 11.5 Å². The third-order valence-corrected chi connectivity index (χ3v) is 9.34. The zero-order valence-electron chi connectivity index (χ0n) is 16.2. The minimum Gasteiger partial charge on any atom is -0.399 e. The second-order valence-corrected chi connectivity index (χ2v) is 11.4. The Bertz CT molecular complexity index is 1270. The van der Waals surface area contributed by atoms with Gasteiger partial charge in [-0.15, -0.1) is 0 Å². The first kappa shape index (κ1) is 20.6. The molecule has 8 heteroatoms. The first-order valence-electron chi connectivity index (χ1n) is 9.48. The van der Waals surface area contributed by atoms with Gasteiger partial charge in [-0.2, -0.15) is 0 Å². The van der Waals surface area contributed by atoms with Crippen LogP contribution in [0.1, 0.15) is 21.9 Å². The van der Waals surface area contributed by atoms with E-state index in [0.29, 0.717) is 29.9 Å². The zero-order chi connectivity index (χ0) is 21.4. The molecule has 0 fully saturated rings. The molecule has 0 aromatic heterocycles. The fraction of sp³-hybridized carbons (Fsp3) is 0.182. The van der Waals surface area contributed by atoms with Gasteiger partial charge in [0.05, 0.1) is 15.5 Å². The van der Waals surface area contributed by atoms with Crippen LogP contribution in [0.5, 0.6) is 0 Å². The van der Waals surface area contributed by atoms with E-state index in [9.17, 15) is 16.8 Å². The van der Waals surface area contributed by atoms with Crippen molar-refractivity contribution < 1.29 is 16.8 Å². The summed E-state index contributed by atoms with van der Waals surface area (Å²) in [4.78, 5) is 0.237. The van der Waals surface area contributed by atoms with Gasteiger partial charge in [-0.05, 0) is 47.0 Å². The minimum absolute atomic E-state index is 0.110. The Hall–Kier alpha value is -2.68. The van der Waals surface area contributed by atoms with Crippen molar-refractivity contribution in [2.45, 2.75) is 28.1 Å². The van der Waals surface area contributed by atoms with E-state index in [2.05, 4.69) is 5.32 Å². The normalized spacial score (nSPS) is 17.5. The van der Waals surface area contributed by atoms with Gasteiger partial charge >= 0.3 is 0 Å². The fourth-order valence-electron chi connectivity index (χ4n) is 3.75. The molecule has 3 N–H and O–H groups in total. The van der Waals surface area contributed by atoms with Gasteiger partial charge in [0, 0.05) is 18.8 Å². The lowest BCUT2D eigenvalue weighted by molar-refractivity contribution is 0.581. The van der Waals surface area contributed by atoms with E-state index in [-0.39, 0.29) is 9.79 Å². The molecular weight excluding hydrogens is 420 g/mol. The number of hydrogen-bond acceptors (Lipinski definition) is 6. The van der Waals surface area contributed by atoms with Crippen LogP contribution in [0.15, 0.2) is 82.6 Å². The molecule has 6 nitrogen and oxygen atoms in total.